The lowest BCUT2D eigenvalue weighted by atomic mass is 9.96. The average Bonchev–Trinajstić information content (AvgIpc) is 2.42. The van der Waals surface area contributed by atoms with E-state index in [-0.39, 0.29) is 11.7 Å². The fourth-order valence-electron chi connectivity index (χ4n) is 1.59. The number of hydrogen-bond donors (Lipinski definition) is 0. The van der Waals surface area contributed by atoms with E-state index >= 15 is 0 Å². The lowest BCUT2D eigenvalue weighted by Gasteiger charge is -2.30. The van der Waals surface area contributed by atoms with Crippen molar-refractivity contribution in [1.82, 2.24) is 0 Å². The lowest BCUT2D eigenvalue weighted by molar-refractivity contribution is -0.192. The normalized spacial score (nSPS) is 10.8. The van der Waals surface area contributed by atoms with Gasteiger partial charge in [-0.1, -0.05) is 34.6 Å². The molecule has 0 aliphatic rings. The van der Waals surface area contributed by atoms with Gasteiger partial charge in [0.15, 0.2) is 6.29 Å². The summed E-state index contributed by atoms with van der Waals surface area (Å²) in [7, 11) is 0. The first-order valence-corrected chi connectivity index (χ1v) is 8.17. The summed E-state index contributed by atoms with van der Waals surface area (Å²) < 4.78 is 11.7. The molecule has 0 radical (unpaired) electrons. The van der Waals surface area contributed by atoms with Crippen LogP contribution < -0.4 is 0 Å². The summed E-state index contributed by atoms with van der Waals surface area (Å²) in [4.78, 5) is 0. The molecule has 0 heterocycles. The highest BCUT2D eigenvalue weighted by Gasteiger charge is 2.25. The zero-order valence-electron chi connectivity index (χ0n) is 14.6. The predicted octanol–water partition coefficient (Wildman–Crippen LogP) is 4.78. The van der Waals surface area contributed by atoms with Crippen LogP contribution in [0, 0.1) is 29.1 Å². The fraction of sp³-hybridized carbons (Fsp3) is 0.789. The van der Waals surface area contributed by atoms with Crippen LogP contribution in [0.5, 0.6) is 0 Å². The second-order valence-electron chi connectivity index (χ2n) is 6.15. The van der Waals surface area contributed by atoms with E-state index in [1.165, 1.54) is 0 Å². The van der Waals surface area contributed by atoms with Gasteiger partial charge in [0.25, 0.3) is 0 Å². The van der Waals surface area contributed by atoms with Gasteiger partial charge in [0, 0.05) is 31.1 Å². The molecule has 0 bridgehead atoms. The van der Waals surface area contributed by atoms with Crippen LogP contribution in [0.4, 0.5) is 0 Å². The van der Waals surface area contributed by atoms with Gasteiger partial charge >= 0.3 is 0 Å². The van der Waals surface area contributed by atoms with Gasteiger partial charge in [-0.2, -0.15) is 0 Å². The van der Waals surface area contributed by atoms with E-state index in [0.717, 1.165) is 38.5 Å². The first-order chi connectivity index (χ1) is 10.0. The smallest absolute Gasteiger partial charge is 0.162 e. The average molecular weight is 292 g/mol. The molecule has 0 rings (SSSR count). The first-order valence-electron chi connectivity index (χ1n) is 8.17. The standard InChI is InChI=1S/C19H32O2/c1-6-8-10-12-14-16-20-18(19(3,4)5)21-17-15-13-11-9-7-2/h18H,6-9,14-17H2,1-5H3. The van der Waals surface area contributed by atoms with Crippen LogP contribution in [0.1, 0.15) is 73.1 Å². The zero-order chi connectivity index (χ0) is 16.0. The van der Waals surface area contributed by atoms with Crippen molar-refractivity contribution in [1.29, 1.82) is 0 Å². The van der Waals surface area contributed by atoms with Crippen LogP contribution in [0.3, 0.4) is 0 Å². The molecule has 0 saturated heterocycles. The predicted molar refractivity (Wildman–Crippen MR) is 89.7 cm³/mol. The molecule has 0 aliphatic heterocycles. The fourth-order valence-corrected chi connectivity index (χ4v) is 1.59. The number of rotatable bonds is 8. The van der Waals surface area contributed by atoms with Gasteiger partial charge in [-0.05, 0) is 12.8 Å². The number of hydrogen-bond acceptors (Lipinski definition) is 2. The summed E-state index contributed by atoms with van der Waals surface area (Å²) in [6.07, 6.45) is 5.50. The van der Waals surface area contributed by atoms with Crippen molar-refractivity contribution in [2.75, 3.05) is 13.2 Å². The Morgan fingerprint density at radius 1 is 0.714 bits per heavy atom. The van der Waals surface area contributed by atoms with E-state index in [4.69, 9.17) is 9.47 Å². The molecule has 0 atom stereocenters. The van der Waals surface area contributed by atoms with Crippen molar-refractivity contribution in [3.8, 4) is 23.7 Å². The maximum atomic E-state index is 5.84. The molecule has 0 saturated carbocycles. The van der Waals surface area contributed by atoms with Crippen LogP contribution in [-0.4, -0.2) is 19.5 Å². The molecule has 0 spiro atoms. The minimum absolute atomic E-state index is 0.0340. The lowest BCUT2D eigenvalue weighted by Crippen LogP contribution is -2.32. The van der Waals surface area contributed by atoms with Gasteiger partial charge < -0.3 is 9.47 Å². The van der Waals surface area contributed by atoms with Crippen LogP contribution in [-0.2, 0) is 9.47 Å². The largest absolute Gasteiger partial charge is 0.351 e. The Labute approximate surface area is 132 Å². The minimum Gasteiger partial charge on any atom is -0.351 e. The van der Waals surface area contributed by atoms with Crippen molar-refractivity contribution in [2.45, 2.75) is 79.4 Å². The van der Waals surface area contributed by atoms with Crippen molar-refractivity contribution >= 4 is 0 Å². The molecular weight excluding hydrogens is 260 g/mol. The summed E-state index contributed by atoms with van der Waals surface area (Å²) in [6, 6.07) is 0. The van der Waals surface area contributed by atoms with E-state index in [1.807, 2.05) is 0 Å². The quantitative estimate of drug-likeness (QED) is 0.364. The zero-order valence-corrected chi connectivity index (χ0v) is 14.6. The van der Waals surface area contributed by atoms with Gasteiger partial charge in [0.1, 0.15) is 0 Å². The van der Waals surface area contributed by atoms with E-state index in [9.17, 15) is 0 Å². The van der Waals surface area contributed by atoms with Gasteiger partial charge in [-0.15, -0.1) is 23.7 Å². The molecule has 120 valence electrons. The summed E-state index contributed by atoms with van der Waals surface area (Å²) in [5.41, 5.74) is -0.0340. The SMILES string of the molecule is CCCC#CCCOC(OCCC#CCCC)C(C)(C)C. The molecule has 0 N–H and O–H groups in total. The Morgan fingerprint density at radius 2 is 1.10 bits per heavy atom. The van der Waals surface area contributed by atoms with Gasteiger partial charge in [0.05, 0.1) is 13.2 Å². The van der Waals surface area contributed by atoms with E-state index in [2.05, 4.69) is 58.3 Å². The van der Waals surface area contributed by atoms with Gasteiger partial charge in [-0.25, -0.2) is 0 Å². The van der Waals surface area contributed by atoms with Crippen molar-refractivity contribution in [3.63, 3.8) is 0 Å². The second-order valence-corrected chi connectivity index (χ2v) is 6.15. The summed E-state index contributed by atoms with van der Waals surface area (Å²) >= 11 is 0. The molecule has 0 aromatic carbocycles. The number of unbranched alkanes of at least 4 members (excludes halogenated alkanes) is 2. The van der Waals surface area contributed by atoms with Gasteiger partial charge in [-0.3, -0.25) is 0 Å². The van der Waals surface area contributed by atoms with Crippen LogP contribution in [0.25, 0.3) is 0 Å². The summed E-state index contributed by atoms with van der Waals surface area (Å²) in [5.74, 6) is 12.5. The molecule has 21 heavy (non-hydrogen) atoms. The minimum atomic E-state index is -0.196. The topological polar surface area (TPSA) is 18.5 Å². The first kappa shape index (κ1) is 20.0. The molecular formula is C19H32O2. The van der Waals surface area contributed by atoms with Crippen LogP contribution in [0.15, 0.2) is 0 Å². The van der Waals surface area contributed by atoms with E-state index < -0.39 is 0 Å². The maximum absolute atomic E-state index is 5.84. The Kier molecular flexibility index (Phi) is 12.2. The molecule has 0 amide bonds. The molecule has 2 nitrogen and oxygen atoms in total. The third kappa shape index (κ3) is 12.5. The van der Waals surface area contributed by atoms with Crippen molar-refractivity contribution < 1.29 is 9.47 Å². The van der Waals surface area contributed by atoms with Crippen LogP contribution >= 0.6 is 0 Å². The Hall–Kier alpha value is -0.960. The van der Waals surface area contributed by atoms with Crippen LogP contribution in [0.2, 0.25) is 0 Å². The monoisotopic (exact) mass is 292 g/mol. The Bertz CT molecular complexity index is 327. The third-order valence-corrected chi connectivity index (χ3v) is 2.70. The molecule has 0 aliphatic carbocycles. The van der Waals surface area contributed by atoms with E-state index in [0.29, 0.717) is 13.2 Å². The van der Waals surface area contributed by atoms with Gasteiger partial charge in [0.2, 0.25) is 0 Å². The second kappa shape index (κ2) is 12.8. The Morgan fingerprint density at radius 3 is 1.43 bits per heavy atom. The third-order valence-electron chi connectivity index (χ3n) is 2.70. The highest BCUT2D eigenvalue weighted by Crippen LogP contribution is 2.23. The molecule has 0 aromatic heterocycles. The van der Waals surface area contributed by atoms with E-state index in [1.54, 1.807) is 0 Å². The van der Waals surface area contributed by atoms with Crippen molar-refractivity contribution in [3.05, 3.63) is 0 Å². The molecule has 0 fully saturated rings. The maximum Gasteiger partial charge on any atom is 0.162 e. The Balaban J connectivity index is 4.01. The highest BCUT2D eigenvalue weighted by molar-refractivity contribution is 4.99. The number of ether oxygens (including phenoxy) is 2. The van der Waals surface area contributed by atoms with Crippen molar-refractivity contribution in [2.24, 2.45) is 5.41 Å². The molecule has 2 heteroatoms. The summed E-state index contributed by atoms with van der Waals surface area (Å²) in [5, 5.41) is 0. The molecule has 0 aromatic rings. The summed E-state index contributed by atoms with van der Waals surface area (Å²) in [6.45, 7) is 11.9. The molecule has 0 unspecified atom stereocenters. The highest BCUT2D eigenvalue weighted by atomic mass is 16.7.